The molecule has 1 aromatic rings. The summed E-state index contributed by atoms with van der Waals surface area (Å²) in [7, 11) is 2.07. The zero-order valence-corrected chi connectivity index (χ0v) is 11.4. The monoisotopic (exact) mass is 247 g/mol. The summed E-state index contributed by atoms with van der Waals surface area (Å²) in [5, 5.41) is 0. The Kier molecular flexibility index (Phi) is 3.01. The Morgan fingerprint density at radius 2 is 2.00 bits per heavy atom. The molecule has 94 valence electrons. The molecule has 0 atom stereocenters. The average Bonchev–Trinajstić information content (AvgIpc) is 2.47. The molecule has 0 unspecified atom stereocenters. The van der Waals surface area contributed by atoms with Crippen LogP contribution in [0.25, 0.3) is 6.08 Å². The van der Waals surface area contributed by atoms with E-state index in [9.17, 15) is 0 Å². The van der Waals surface area contributed by atoms with Crippen LogP contribution in [0.4, 0.5) is 5.69 Å². The van der Waals surface area contributed by atoms with Crippen molar-refractivity contribution in [3.05, 3.63) is 70.3 Å². The highest BCUT2D eigenvalue weighted by molar-refractivity contribution is 5.65. The summed E-state index contributed by atoms with van der Waals surface area (Å²) in [6.07, 6.45) is 10.9. The predicted molar refractivity (Wildman–Crippen MR) is 81.1 cm³/mol. The largest absolute Gasteiger partial charge is 0.338 e. The summed E-state index contributed by atoms with van der Waals surface area (Å²) in [5.41, 5.74) is 12.5. The molecule has 0 N–H and O–H groups in total. The van der Waals surface area contributed by atoms with Crippen LogP contribution in [0.3, 0.4) is 0 Å². The lowest BCUT2D eigenvalue weighted by Gasteiger charge is -2.21. The minimum absolute atomic E-state index is 1.05. The van der Waals surface area contributed by atoms with Crippen molar-refractivity contribution < 1.29 is 0 Å². The highest BCUT2D eigenvalue weighted by atomic mass is 15.1. The lowest BCUT2D eigenvalue weighted by molar-refractivity contribution is 0.983. The fourth-order valence-electron chi connectivity index (χ4n) is 2.41. The normalized spacial score (nSPS) is 15.9. The molecule has 0 amide bonds. The van der Waals surface area contributed by atoms with Gasteiger partial charge >= 0.3 is 0 Å². The summed E-state index contributed by atoms with van der Waals surface area (Å²) < 4.78 is 0. The van der Waals surface area contributed by atoms with Crippen molar-refractivity contribution in [2.24, 2.45) is 0 Å². The SMILES string of the molecule is CC1=C=C=C(N(C)c2ccc3c(c2)C=CCC3)C=C1. The fourth-order valence-corrected chi connectivity index (χ4v) is 2.41. The second kappa shape index (κ2) is 4.82. The molecule has 0 bridgehead atoms. The maximum Gasteiger partial charge on any atom is 0.0925 e. The van der Waals surface area contributed by atoms with Gasteiger partial charge in [0.15, 0.2) is 0 Å². The minimum Gasteiger partial charge on any atom is -0.338 e. The van der Waals surface area contributed by atoms with Crippen LogP contribution in [0.5, 0.6) is 0 Å². The number of aryl methyl sites for hydroxylation is 1. The highest BCUT2D eigenvalue weighted by Crippen LogP contribution is 2.26. The maximum atomic E-state index is 3.20. The molecule has 0 saturated heterocycles. The van der Waals surface area contributed by atoms with Crippen molar-refractivity contribution in [3.63, 3.8) is 0 Å². The minimum atomic E-state index is 1.05. The van der Waals surface area contributed by atoms with E-state index in [0.717, 1.165) is 24.1 Å². The Morgan fingerprint density at radius 3 is 2.79 bits per heavy atom. The van der Waals surface area contributed by atoms with E-state index in [-0.39, 0.29) is 0 Å². The summed E-state index contributed by atoms with van der Waals surface area (Å²) in [4.78, 5) is 2.15. The fraction of sp³-hybridized carbons (Fsp3) is 0.222. The van der Waals surface area contributed by atoms with Gasteiger partial charge in [0, 0.05) is 12.7 Å². The molecule has 0 spiro atoms. The summed E-state index contributed by atoms with van der Waals surface area (Å²) in [6, 6.07) is 6.67. The molecule has 0 fully saturated rings. The third-order valence-corrected chi connectivity index (χ3v) is 3.63. The number of allylic oxidation sites excluding steroid dienone is 4. The number of rotatable bonds is 2. The van der Waals surface area contributed by atoms with Crippen molar-refractivity contribution in [1.82, 2.24) is 0 Å². The van der Waals surface area contributed by atoms with E-state index in [1.807, 2.05) is 6.92 Å². The number of hydrogen-bond donors (Lipinski definition) is 0. The second-order valence-corrected chi connectivity index (χ2v) is 5.03. The summed E-state index contributed by atoms with van der Waals surface area (Å²) in [5.74, 6) is 0. The Morgan fingerprint density at radius 1 is 1.11 bits per heavy atom. The van der Waals surface area contributed by atoms with Crippen LogP contribution in [0.15, 0.2) is 59.2 Å². The Balaban J connectivity index is 1.98. The van der Waals surface area contributed by atoms with E-state index in [1.54, 1.807) is 0 Å². The molecule has 2 aliphatic carbocycles. The van der Waals surface area contributed by atoms with Crippen molar-refractivity contribution in [2.75, 3.05) is 11.9 Å². The van der Waals surface area contributed by atoms with Gasteiger partial charge in [0.25, 0.3) is 0 Å². The molecule has 2 aliphatic rings. The van der Waals surface area contributed by atoms with Crippen molar-refractivity contribution in [3.8, 4) is 0 Å². The van der Waals surface area contributed by atoms with Crippen LogP contribution >= 0.6 is 0 Å². The number of anilines is 1. The predicted octanol–water partition coefficient (Wildman–Crippen LogP) is 4.24. The van der Waals surface area contributed by atoms with E-state index < -0.39 is 0 Å². The van der Waals surface area contributed by atoms with E-state index in [0.29, 0.717) is 0 Å². The first kappa shape index (κ1) is 11.9. The number of fused-ring (bicyclic) bond motifs is 1. The maximum absolute atomic E-state index is 3.20. The highest BCUT2D eigenvalue weighted by Gasteiger charge is 2.09. The Labute approximate surface area is 114 Å². The number of hydrogen-bond acceptors (Lipinski definition) is 1. The Hall–Kier alpha value is -2.20. The van der Waals surface area contributed by atoms with Crippen LogP contribution in [0.2, 0.25) is 0 Å². The average molecular weight is 247 g/mol. The van der Waals surface area contributed by atoms with Crippen molar-refractivity contribution in [1.29, 1.82) is 0 Å². The van der Waals surface area contributed by atoms with Crippen LogP contribution in [-0.4, -0.2) is 7.05 Å². The topological polar surface area (TPSA) is 3.24 Å². The van der Waals surface area contributed by atoms with E-state index in [4.69, 9.17) is 0 Å². The molecular weight excluding hydrogens is 230 g/mol. The first-order valence-electron chi connectivity index (χ1n) is 6.68. The smallest absolute Gasteiger partial charge is 0.0925 e. The Bertz CT molecular complexity index is 676. The van der Waals surface area contributed by atoms with Gasteiger partial charge < -0.3 is 4.90 Å². The summed E-state index contributed by atoms with van der Waals surface area (Å²) in [6.45, 7) is 2.03. The third-order valence-electron chi connectivity index (χ3n) is 3.63. The number of benzene rings is 1. The molecule has 0 saturated carbocycles. The molecule has 1 heteroatoms. The van der Waals surface area contributed by atoms with Crippen molar-refractivity contribution in [2.45, 2.75) is 19.8 Å². The first-order valence-corrected chi connectivity index (χ1v) is 6.68. The van der Waals surface area contributed by atoms with Gasteiger partial charge in [0.05, 0.1) is 5.70 Å². The van der Waals surface area contributed by atoms with E-state index in [2.05, 4.69) is 65.9 Å². The third kappa shape index (κ3) is 2.35. The number of nitrogens with zero attached hydrogens (tertiary/aromatic N) is 1. The standard InChI is InChI=1S/C18H17N/c1-14-7-10-17(11-8-14)19(2)18-12-9-15-5-3-4-6-16(15)13-18/h4,6-7,9-10,12-13H,3,5H2,1-2H3. The molecule has 0 radical (unpaired) electrons. The second-order valence-electron chi connectivity index (χ2n) is 5.03. The molecular formula is C18H17N. The molecule has 0 aromatic heterocycles. The van der Waals surface area contributed by atoms with Gasteiger partial charge in [-0.15, -0.1) is 0 Å². The number of likely N-dealkylation sites (N-methyl/N-ethyl adjacent to an activating group) is 1. The van der Waals surface area contributed by atoms with Gasteiger partial charge in [-0.25, -0.2) is 0 Å². The molecule has 3 rings (SSSR count). The van der Waals surface area contributed by atoms with Crippen LogP contribution < -0.4 is 4.90 Å². The summed E-state index contributed by atoms with van der Waals surface area (Å²) >= 11 is 0. The quantitative estimate of drug-likeness (QED) is 0.707. The molecule has 19 heavy (non-hydrogen) atoms. The van der Waals surface area contributed by atoms with Gasteiger partial charge in [-0.2, -0.15) is 0 Å². The van der Waals surface area contributed by atoms with E-state index in [1.165, 1.54) is 16.8 Å². The van der Waals surface area contributed by atoms with Gasteiger partial charge in [-0.3, -0.25) is 0 Å². The van der Waals surface area contributed by atoms with Crippen LogP contribution in [0, 0.1) is 0 Å². The van der Waals surface area contributed by atoms with Crippen molar-refractivity contribution >= 4 is 11.8 Å². The molecule has 1 aromatic carbocycles. The van der Waals surface area contributed by atoms with Crippen LogP contribution in [-0.2, 0) is 6.42 Å². The molecule has 0 aliphatic heterocycles. The molecule has 1 nitrogen and oxygen atoms in total. The first-order chi connectivity index (χ1) is 9.24. The molecule has 0 heterocycles. The van der Waals surface area contributed by atoms with Crippen LogP contribution in [0.1, 0.15) is 24.5 Å². The lowest BCUT2D eigenvalue weighted by atomic mass is 9.97. The lowest BCUT2D eigenvalue weighted by Crippen LogP contribution is -2.15. The van der Waals surface area contributed by atoms with Gasteiger partial charge in [0.2, 0.25) is 0 Å². The van der Waals surface area contributed by atoms with Gasteiger partial charge in [-0.1, -0.05) is 23.9 Å². The zero-order valence-electron chi connectivity index (χ0n) is 11.4. The van der Waals surface area contributed by atoms with Gasteiger partial charge in [0.1, 0.15) is 0 Å². The van der Waals surface area contributed by atoms with Gasteiger partial charge in [-0.05, 0) is 66.5 Å². The zero-order chi connectivity index (χ0) is 13.2. The van der Waals surface area contributed by atoms with E-state index >= 15 is 0 Å².